The lowest BCUT2D eigenvalue weighted by Gasteiger charge is -2.19. The monoisotopic (exact) mass is 321 g/mol. The number of aromatic nitrogens is 4. The highest BCUT2D eigenvalue weighted by Crippen LogP contribution is 2.31. The van der Waals surface area contributed by atoms with Gasteiger partial charge < -0.3 is 15.2 Å². The number of carbonyl (C=O) groups excluding carboxylic acids is 1. The Hall–Kier alpha value is -3.21. The second-order valence-electron chi connectivity index (χ2n) is 5.80. The van der Waals surface area contributed by atoms with E-state index in [1.54, 1.807) is 6.20 Å². The maximum atomic E-state index is 11.6. The zero-order valence-corrected chi connectivity index (χ0v) is 12.9. The van der Waals surface area contributed by atoms with Crippen molar-refractivity contribution in [3.8, 4) is 6.07 Å². The molecule has 0 aromatic carbocycles. The van der Waals surface area contributed by atoms with Crippen LogP contribution in [0.4, 0.5) is 5.82 Å². The zero-order valence-electron chi connectivity index (χ0n) is 12.9. The summed E-state index contributed by atoms with van der Waals surface area (Å²) in [4.78, 5) is 21.4. The fraction of sp³-hybridized carbons (Fsp3) is 0.312. The lowest BCUT2D eigenvalue weighted by molar-refractivity contribution is -0.120. The van der Waals surface area contributed by atoms with Crippen molar-refractivity contribution in [2.45, 2.75) is 18.9 Å². The fourth-order valence-electron chi connectivity index (χ4n) is 3.19. The summed E-state index contributed by atoms with van der Waals surface area (Å²) in [6, 6.07) is 5.72. The number of amides is 1. The van der Waals surface area contributed by atoms with Gasteiger partial charge in [-0.15, -0.1) is 10.2 Å². The molecule has 8 heteroatoms. The summed E-state index contributed by atoms with van der Waals surface area (Å²) >= 11 is 0. The minimum atomic E-state index is -0.228. The lowest BCUT2D eigenvalue weighted by Crippen LogP contribution is -2.37. The highest BCUT2D eigenvalue weighted by Gasteiger charge is 2.26. The molecule has 8 nitrogen and oxygen atoms in total. The molecule has 0 spiro atoms. The van der Waals surface area contributed by atoms with Gasteiger partial charge in [0, 0.05) is 36.9 Å². The largest absolute Gasteiger partial charge is 0.354 e. The smallest absolute Gasteiger partial charge is 0.234 e. The molecule has 0 aliphatic carbocycles. The first-order chi connectivity index (χ1) is 11.8. The highest BCUT2D eigenvalue weighted by atomic mass is 16.1. The van der Waals surface area contributed by atoms with E-state index in [1.807, 2.05) is 24.4 Å². The molecule has 1 fully saturated rings. The van der Waals surface area contributed by atoms with Gasteiger partial charge in [0.05, 0.1) is 17.0 Å². The van der Waals surface area contributed by atoms with Gasteiger partial charge in [-0.3, -0.25) is 4.79 Å². The molecule has 3 aromatic heterocycles. The highest BCUT2D eigenvalue weighted by molar-refractivity contribution is 6.08. The number of hydrogen-bond acceptors (Lipinski definition) is 6. The third-order valence-corrected chi connectivity index (χ3v) is 4.25. The lowest BCUT2D eigenvalue weighted by atomic mass is 10.2. The Balaban J connectivity index is 1.67. The number of nitriles is 1. The Morgan fingerprint density at radius 1 is 1.46 bits per heavy atom. The molecule has 24 heavy (non-hydrogen) atoms. The molecular weight excluding hydrogens is 306 g/mol. The van der Waals surface area contributed by atoms with Crippen LogP contribution in [-0.2, 0) is 4.79 Å². The molecule has 4 heterocycles. The Morgan fingerprint density at radius 3 is 3.25 bits per heavy atom. The van der Waals surface area contributed by atoms with Crippen LogP contribution in [0.25, 0.3) is 21.9 Å². The Labute approximate surface area is 137 Å². The summed E-state index contributed by atoms with van der Waals surface area (Å²) in [5.74, 6) is 0.623. The molecule has 120 valence electrons. The van der Waals surface area contributed by atoms with E-state index in [1.165, 1.54) is 0 Å². The summed E-state index contributed by atoms with van der Waals surface area (Å²) in [6.07, 6.45) is 4.28. The van der Waals surface area contributed by atoms with Crippen molar-refractivity contribution in [2.24, 2.45) is 0 Å². The van der Waals surface area contributed by atoms with Crippen molar-refractivity contribution >= 4 is 33.7 Å². The van der Waals surface area contributed by atoms with Gasteiger partial charge in [-0.25, -0.2) is 4.98 Å². The topological polar surface area (TPSA) is 111 Å². The van der Waals surface area contributed by atoms with Crippen LogP contribution in [0.1, 0.15) is 12.8 Å². The van der Waals surface area contributed by atoms with Gasteiger partial charge in [-0.1, -0.05) is 0 Å². The van der Waals surface area contributed by atoms with Crippen molar-refractivity contribution in [1.82, 2.24) is 25.5 Å². The number of pyridine rings is 1. The molecule has 1 amide bonds. The third kappa shape index (κ3) is 2.40. The standard InChI is InChI=1S/C16H15N7O/c17-5-1-13(24)20-10-4-8-23(9-10)16-14-11-2-6-18-15(11)22-21-12(14)3-7-19-16/h2-3,6-7,10H,1,4,8-9H2,(H,18,22)(H,20,24). The van der Waals surface area contributed by atoms with E-state index in [0.29, 0.717) is 6.54 Å². The van der Waals surface area contributed by atoms with E-state index in [2.05, 4.69) is 30.4 Å². The number of carbonyl (C=O) groups is 1. The van der Waals surface area contributed by atoms with Crippen LogP contribution < -0.4 is 10.2 Å². The molecule has 1 aliphatic rings. The van der Waals surface area contributed by atoms with Crippen molar-refractivity contribution in [2.75, 3.05) is 18.0 Å². The Bertz CT molecular complexity index is 958. The van der Waals surface area contributed by atoms with Gasteiger partial charge >= 0.3 is 0 Å². The SMILES string of the molecule is N#CCC(=O)NC1CCN(c2nccc3nnc4[nH]ccc4c23)C1. The number of hydrogen-bond donors (Lipinski definition) is 2. The van der Waals surface area contributed by atoms with Gasteiger partial charge in [-0.2, -0.15) is 5.26 Å². The maximum Gasteiger partial charge on any atom is 0.234 e. The second-order valence-corrected chi connectivity index (χ2v) is 5.80. The molecule has 4 rings (SSSR count). The van der Waals surface area contributed by atoms with Crippen molar-refractivity contribution < 1.29 is 4.79 Å². The first-order valence-corrected chi connectivity index (χ1v) is 7.76. The number of rotatable bonds is 3. The minimum absolute atomic E-state index is 0.0272. The number of anilines is 1. The first kappa shape index (κ1) is 14.4. The Kier molecular flexibility index (Phi) is 3.46. The van der Waals surface area contributed by atoms with Crippen LogP contribution in [-0.4, -0.2) is 45.2 Å². The van der Waals surface area contributed by atoms with Gasteiger partial charge in [0.1, 0.15) is 12.2 Å². The van der Waals surface area contributed by atoms with Crippen LogP contribution in [0.3, 0.4) is 0 Å². The quantitative estimate of drug-likeness (QED) is 0.748. The number of aromatic amines is 1. The van der Waals surface area contributed by atoms with E-state index < -0.39 is 0 Å². The van der Waals surface area contributed by atoms with Crippen molar-refractivity contribution in [3.05, 3.63) is 24.5 Å². The fourth-order valence-corrected chi connectivity index (χ4v) is 3.19. The predicted octanol–water partition coefficient (Wildman–Crippen LogP) is 1.11. The molecule has 1 aliphatic heterocycles. The van der Waals surface area contributed by atoms with Crippen molar-refractivity contribution in [3.63, 3.8) is 0 Å². The van der Waals surface area contributed by atoms with E-state index in [-0.39, 0.29) is 18.4 Å². The van der Waals surface area contributed by atoms with Crippen LogP contribution in [0, 0.1) is 11.3 Å². The second kappa shape index (κ2) is 5.77. The summed E-state index contributed by atoms with van der Waals surface area (Å²) < 4.78 is 0. The summed E-state index contributed by atoms with van der Waals surface area (Å²) in [6.45, 7) is 1.45. The summed E-state index contributed by atoms with van der Waals surface area (Å²) in [5, 5.41) is 21.9. The molecule has 1 atom stereocenters. The predicted molar refractivity (Wildman–Crippen MR) is 88.2 cm³/mol. The average molecular weight is 321 g/mol. The van der Waals surface area contributed by atoms with E-state index in [4.69, 9.17) is 5.26 Å². The average Bonchev–Trinajstić information content (AvgIpc) is 3.23. The number of nitrogens with one attached hydrogen (secondary N) is 2. The van der Waals surface area contributed by atoms with Crippen LogP contribution in [0.5, 0.6) is 0 Å². The van der Waals surface area contributed by atoms with Crippen LogP contribution in [0.2, 0.25) is 0 Å². The summed E-state index contributed by atoms with van der Waals surface area (Å²) in [7, 11) is 0. The van der Waals surface area contributed by atoms with Crippen molar-refractivity contribution in [1.29, 1.82) is 5.26 Å². The molecular formula is C16H15N7O. The van der Waals surface area contributed by atoms with Gasteiger partial charge in [0.25, 0.3) is 0 Å². The first-order valence-electron chi connectivity index (χ1n) is 7.76. The van der Waals surface area contributed by atoms with E-state index in [0.717, 1.165) is 40.7 Å². The molecule has 1 unspecified atom stereocenters. The zero-order chi connectivity index (χ0) is 16.5. The minimum Gasteiger partial charge on any atom is -0.354 e. The van der Waals surface area contributed by atoms with Gasteiger partial charge in [0.15, 0.2) is 5.65 Å². The molecule has 3 aromatic rings. The number of H-pyrrole nitrogens is 1. The van der Waals surface area contributed by atoms with E-state index in [9.17, 15) is 4.79 Å². The molecule has 0 radical (unpaired) electrons. The summed E-state index contributed by atoms with van der Waals surface area (Å²) in [5.41, 5.74) is 1.53. The third-order valence-electron chi connectivity index (χ3n) is 4.25. The Morgan fingerprint density at radius 2 is 2.38 bits per heavy atom. The van der Waals surface area contributed by atoms with E-state index >= 15 is 0 Å². The molecule has 1 saturated heterocycles. The number of fused-ring (bicyclic) bond motifs is 3. The van der Waals surface area contributed by atoms with Crippen LogP contribution >= 0.6 is 0 Å². The van der Waals surface area contributed by atoms with Gasteiger partial charge in [-0.05, 0) is 18.6 Å². The van der Waals surface area contributed by atoms with Gasteiger partial charge in [0.2, 0.25) is 5.91 Å². The van der Waals surface area contributed by atoms with Crippen LogP contribution in [0.15, 0.2) is 24.5 Å². The maximum absolute atomic E-state index is 11.6. The molecule has 0 saturated carbocycles. The number of nitrogens with zero attached hydrogens (tertiary/aromatic N) is 5. The normalized spacial score (nSPS) is 17.3. The molecule has 2 N–H and O–H groups in total. The molecule has 0 bridgehead atoms.